The number of anilines is 1. The van der Waals surface area contributed by atoms with Gasteiger partial charge in [0.15, 0.2) is 11.0 Å². The Hall–Kier alpha value is -1.43. The van der Waals surface area contributed by atoms with E-state index in [1.54, 1.807) is 0 Å². The summed E-state index contributed by atoms with van der Waals surface area (Å²) >= 11 is 1.39. The Bertz CT molecular complexity index is 557. The molecule has 1 aliphatic rings. The average molecular weight is 292 g/mol. The summed E-state index contributed by atoms with van der Waals surface area (Å²) in [5.74, 6) is 2.66. The van der Waals surface area contributed by atoms with E-state index in [0.29, 0.717) is 22.6 Å². The highest BCUT2D eigenvalue weighted by Crippen LogP contribution is 2.36. The lowest BCUT2D eigenvalue weighted by atomic mass is 9.80. The van der Waals surface area contributed by atoms with Crippen LogP contribution in [-0.2, 0) is 0 Å². The lowest BCUT2D eigenvalue weighted by molar-refractivity contribution is 0.296. The minimum absolute atomic E-state index is 0.441. The van der Waals surface area contributed by atoms with E-state index in [1.807, 2.05) is 5.38 Å². The Labute approximate surface area is 122 Å². The van der Waals surface area contributed by atoms with Gasteiger partial charge < -0.3 is 10.3 Å². The average Bonchev–Trinajstić information content (AvgIpc) is 3.09. The SMILES string of the molecule is CCCC1CCC(c2noc(-c3csc(N)n3)n2)CC1. The smallest absolute Gasteiger partial charge is 0.277 e. The molecule has 2 aromatic heterocycles. The molecule has 0 radical (unpaired) electrons. The molecule has 6 heteroatoms. The minimum Gasteiger partial charge on any atom is -0.375 e. The normalized spacial score (nSPS) is 23.1. The summed E-state index contributed by atoms with van der Waals surface area (Å²) in [5, 5.41) is 6.51. The van der Waals surface area contributed by atoms with Gasteiger partial charge in [0.25, 0.3) is 5.89 Å². The van der Waals surface area contributed by atoms with E-state index >= 15 is 0 Å². The van der Waals surface area contributed by atoms with Gasteiger partial charge in [0.1, 0.15) is 5.69 Å². The third-order valence-electron chi connectivity index (χ3n) is 4.09. The zero-order chi connectivity index (χ0) is 13.9. The molecule has 0 unspecified atom stereocenters. The van der Waals surface area contributed by atoms with Gasteiger partial charge in [-0.2, -0.15) is 4.98 Å². The first-order valence-electron chi connectivity index (χ1n) is 7.31. The molecule has 0 aromatic carbocycles. The fourth-order valence-corrected chi connectivity index (χ4v) is 3.55. The zero-order valence-electron chi connectivity index (χ0n) is 11.7. The van der Waals surface area contributed by atoms with Gasteiger partial charge in [-0.3, -0.25) is 0 Å². The number of nitrogen functional groups attached to an aromatic ring is 1. The first-order valence-corrected chi connectivity index (χ1v) is 8.19. The van der Waals surface area contributed by atoms with Gasteiger partial charge in [0, 0.05) is 11.3 Å². The van der Waals surface area contributed by atoms with Crippen LogP contribution >= 0.6 is 11.3 Å². The number of hydrogen-bond acceptors (Lipinski definition) is 6. The van der Waals surface area contributed by atoms with Crippen molar-refractivity contribution in [3.63, 3.8) is 0 Å². The standard InChI is InChI=1S/C14H20N4OS/c1-2-3-9-4-6-10(7-5-9)12-17-13(19-18-12)11-8-20-14(15)16-11/h8-10H,2-7H2,1H3,(H2,15,16). The van der Waals surface area contributed by atoms with Gasteiger partial charge in [-0.05, 0) is 31.6 Å². The van der Waals surface area contributed by atoms with Crippen LogP contribution in [0, 0.1) is 5.92 Å². The molecule has 2 aromatic rings. The predicted octanol–water partition coefficient (Wildman–Crippen LogP) is 3.85. The van der Waals surface area contributed by atoms with Crippen molar-refractivity contribution in [3.05, 3.63) is 11.2 Å². The predicted molar refractivity (Wildman–Crippen MR) is 79.4 cm³/mol. The fourth-order valence-electron chi connectivity index (χ4n) is 3.01. The van der Waals surface area contributed by atoms with E-state index in [-0.39, 0.29) is 0 Å². The Kier molecular flexibility index (Phi) is 4.00. The molecular formula is C14H20N4OS. The van der Waals surface area contributed by atoms with Gasteiger partial charge in [-0.15, -0.1) is 11.3 Å². The van der Waals surface area contributed by atoms with Crippen molar-refractivity contribution < 1.29 is 4.52 Å². The molecule has 108 valence electrons. The summed E-state index contributed by atoms with van der Waals surface area (Å²) in [5.41, 5.74) is 6.31. The number of aromatic nitrogens is 3. The number of nitrogens with two attached hydrogens (primary N) is 1. The fraction of sp³-hybridized carbons (Fsp3) is 0.643. The topological polar surface area (TPSA) is 77.8 Å². The number of thiazole rings is 1. The Balaban J connectivity index is 1.66. The maximum Gasteiger partial charge on any atom is 0.277 e. The third kappa shape index (κ3) is 2.85. The highest BCUT2D eigenvalue weighted by atomic mass is 32.1. The lowest BCUT2D eigenvalue weighted by Gasteiger charge is -2.26. The molecular weight excluding hydrogens is 272 g/mol. The van der Waals surface area contributed by atoms with E-state index in [2.05, 4.69) is 22.0 Å². The first-order chi connectivity index (χ1) is 9.76. The van der Waals surface area contributed by atoms with Gasteiger partial charge in [-0.1, -0.05) is 24.9 Å². The number of hydrogen-bond donors (Lipinski definition) is 1. The Morgan fingerprint density at radius 3 is 2.75 bits per heavy atom. The van der Waals surface area contributed by atoms with Gasteiger partial charge in [-0.25, -0.2) is 4.98 Å². The van der Waals surface area contributed by atoms with Crippen molar-refractivity contribution in [2.45, 2.75) is 51.4 Å². The maximum absolute atomic E-state index is 5.63. The Morgan fingerprint density at radius 2 is 2.10 bits per heavy atom. The number of nitrogens with zero attached hydrogens (tertiary/aromatic N) is 3. The first kappa shape index (κ1) is 13.5. The van der Waals surface area contributed by atoms with E-state index in [4.69, 9.17) is 10.3 Å². The largest absolute Gasteiger partial charge is 0.375 e. The molecule has 2 N–H and O–H groups in total. The van der Waals surface area contributed by atoms with Crippen LogP contribution in [-0.4, -0.2) is 15.1 Å². The van der Waals surface area contributed by atoms with Crippen LogP contribution < -0.4 is 5.73 Å². The molecule has 0 saturated heterocycles. The quantitative estimate of drug-likeness (QED) is 0.926. The third-order valence-corrected chi connectivity index (χ3v) is 4.77. The van der Waals surface area contributed by atoms with E-state index in [9.17, 15) is 0 Å². The molecule has 0 spiro atoms. The molecule has 0 aliphatic heterocycles. The van der Waals surface area contributed by atoms with Crippen LogP contribution in [0.4, 0.5) is 5.13 Å². The van der Waals surface area contributed by atoms with Gasteiger partial charge in [0.2, 0.25) is 0 Å². The molecule has 1 aliphatic carbocycles. The summed E-state index contributed by atoms with van der Waals surface area (Å²) in [4.78, 5) is 8.68. The molecule has 3 rings (SSSR count). The summed E-state index contributed by atoms with van der Waals surface area (Å²) in [7, 11) is 0. The van der Waals surface area contributed by atoms with Gasteiger partial charge >= 0.3 is 0 Å². The van der Waals surface area contributed by atoms with Crippen LogP contribution in [0.5, 0.6) is 0 Å². The summed E-state index contributed by atoms with van der Waals surface area (Å²) in [6.07, 6.45) is 7.54. The van der Waals surface area contributed by atoms with Crippen LogP contribution in [0.2, 0.25) is 0 Å². The van der Waals surface area contributed by atoms with E-state index in [0.717, 1.165) is 11.7 Å². The van der Waals surface area contributed by atoms with Crippen molar-refractivity contribution in [2.24, 2.45) is 5.92 Å². The van der Waals surface area contributed by atoms with E-state index in [1.165, 1.54) is 49.9 Å². The molecule has 5 nitrogen and oxygen atoms in total. The zero-order valence-corrected chi connectivity index (χ0v) is 12.5. The van der Waals surface area contributed by atoms with Crippen molar-refractivity contribution in [1.82, 2.24) is 15.1 Å². The van der Waals surface area contributed by atoms with Crippen molar-refractivity contribution in [1.29, 1.82) is 0 Å². The Morgan fingerprint density at radius 1 is 1.30 bits per heavy atom. The highest BCUT2D eigenvalue weighted by molar-refractivity contribution is 7.13. The number of rotatable bonds is 4. The lowest BCUT2D eigenvalue weighted by Crippen LogP contribution is -2.14. The monoisotopic (exact) mass is 292 g/mol. The molecule has 0 amide bonds. The molecule has 0 atom stereocenters. The molecule has 1 fully saturated rings. The molecule has 0 bridgehead atoms. The van der Waals surface area contributed by atoms with Gasteiger partial charge in [0.05, 0.1) is 0 Å². The van der Waals surface area contributed by atoms with Crippen LogP contribution in [0.15, 0.2) is 9.90 Å². The molecule has 20 heavy (non-hydrogen) atoms. The maximum atomic E-state index is 5.63. The summed E-state index contributed by atoms with van der Waals surface area (Å²) < 4.78 is 5.32. The highest BCUT2D eigenvalue weighted by Gasteiger charge is 2.26. The van der Waals surface area contributed by atoms with Crippen molar-refractivity contribution in [2.75, 3.05) is 5.73 Å². The van der Waals surface area contributed by atoms with Crippen LogP contribution in [0.1, 0.15) is 57.2 Å². The molecule has 1 saturated carbocycles. The summed E-state index contributed by atoms with van der Waals surface area (Å²) in [6, 6.07) is 0. The second-order valence-corrected chi connectivity index (χ2v) is 6.42. The van der Waals surface area contributed by atoms with Crippen LogP contribution in [0.3, 0.4) is 0 Å². The second-order valence-electron chi connectivity index (χ2n) is 5.54. The van der Waals surface area contributed by atoms with Crippen LogP contribution in [0.25, 0.3) is 11.6 Å². The van der Waals surface area contributed by atoms with Crippen molar-refractivity contribution >= 4 is 16.5 Å². The summed E-state index contributed by atoms with van der Waals surface area (Å²) in [6.45, 7) is 2.26. The van der Waals surface area contributed by atoms with Crippen molar-refractivity contribution in [3.8, 4) is 11.6 Å². The molecule has 2 heterocycles. The minimum atomic E-state index is 0.441. The second kappa shape index (κ2) is 5.91. The van der Waals surface area contributed by atoms with E-state index < -0.39 is 0 Å².